The van der Waals surface area contributed by atoms with E-state index in [1.807, 2.05) is 18.4 Å². The van der Waals surface area contributed by atoms with Crippen LogP contribution >= 0.6 is 11.8 Å². The maximum Gasteiger partial charge on any atom is 0.344 e. The van der Waals surface area contributed by atoms with E-state index in [-0.39, 0.29) is 13.2 Å². The first-order chi connectivity index (χ1) is 12.1. The molecule has 0 fully saturated rings. The normalized spacial score (nSPS) is 10.0. The minimum atomic E-state index is -0.622. The fourth-order valence-corrected chi connectivity index (χ4v) is 2.28. The highest BCUT2D eigenvalue weighted by Crippen LogP contribution is 2.18. The topological polar surface area (TPSA) is 73.9 Å². The van der Waals surface area contributed by atoms with Gasteiger partial charge in [-0.25, -0.2) is 4.79 Å². The number of methoxy groups -OCH3 is 1. The number of carbonyl (C=O) groups excluding carboxylic acids is 2. The lowest BCUT2D eigenvalue weighted by molar-refractivity contribution is -0.149. The van der Waals surface area contributed by atoms with E-state index in [0.29, 0.717) is 17.2 Å². The maximum atomic E-state index is 11.8. The first-order valence-electron chi connectivity index (χ1n) is 7.47. The van der Waals surface area contributed by atoms with Gasteiger partial charge in [-0.1, -0.05) is 0 Å². The molecule has 0 aliphatic carbocycles. The molecule has 6 nitrogen and oxygen atoms in total. The number of carbonyl (C=O) groups is 2. The molecule has 25 heavy (non-hydrogen) atoms. The van der Waals surface area contributed by atoms with Crippen molar-refractivity contribution in [1.29, 1.82) is 0 Å². The van der Waals surface area contributed by atoms with Crippen molar-refractivity contribution in [3.05, 3.63) is 48.5 Å². The molecule has 0 spiro atoms. The van der Waals surface area contributed by atoms with Crippen LogP contribution in [0.15, 0.2) is 53.4 Å². The summed E-state index contributed by atoms with van der Waals surface area (Å²) in [6, 6.07) is 14.2. The van der Waals surface area contributed by atoms with Crippen molar-refractivity contribution in [2.75, 3.05) is 31.9 Å². The Balaban J connectivity index is 1.70. The van der Waals surface area contributed by atoms with Crippen molar-refractivity contribution in [2.24, 2.45) is 0 Å². The lowest BCUT2D eigenvalue weighted by atomic mass is 10.3. The maximum absolute atomic E-state index is 11.8. The number of ether oxygens (including phenoxy) is 3. The lowest BCUT2D eigenvalue weighted by Crippen LogP contribution is -2.23. The predicted octanol–water partition coefficient (Wildman–Crippen LogP) is 2.98. The van der Waals surface area contributed by atoms with Crippen LogP contribution in [0.2, 0.25) is 0 Å². The summed E-state index contributed by atoms with van der Waals surface area (Å²) in [4.78, 5) is 24.5. The van der Waals surface area contributed by atoms with Crippen molar-refractivity contribution in [2.45, 2.75) is 4.90 Å². The number of thioether (sulfide) groups is 1. The number of benzene rings is 2. The lowest BCUT2D eigenvalue weighted by Gasteiger charge is -2.08. The average Bonchev–Trinajstić information content (AvgIpc) is 2.65. The largest absolute Gasteiger partial charge is 0.497 e. The summed E-state index contributed by atoms with van der Waals surface area (Å²) in [7, 11) is 1.56. The standard InChI is InChI=1S/C18H19NO5S/c1-22-14-5-7-15(8-6-14)23-12-18(21)24-11-17(20)19-13-3-9-16(25-2)10-4-13/h3-10H,11-12H2,1-2H3,(H,19,20). The monoisotopic (exact) mass is 361 g/mol. The molecule has 0 aromatic heterocycles. The second-order valence-electron chi connectivity index (χ2n) is 4.90. The zero-order chi connectivity index (χ0) is 18.1. The van der Waals surface area contributed by atoms with Crippen LogP contribution in [0.5, 0.6) is 11.5 Å². The molecule has 7 heteroatoms. The second-order valence-corrected chi connectivity index (χ2v) is 5.78. The first kappa shape index (κ1) is 18.7. The highest BCUT2D eigenvalue weighted by molar-refractivity contribution is 7.98. The summed E-state index contributed by atoms with van der Waals surface area (Å²) >= 11 is 1.61. The quantitative estimate of drug-likeness (QED) is 0.576. The van der Waals surface area contributed by atoms with Crippen LogP contribution in [0.25, 0.3) is 0 Å². The average molecular weight is 361 g/mol. The zero-order valence-corrected chi connectivity index (χ0v) is 14.8. The van der Waals surface area contributed by atoms with E-state index in [1.54, 1.807) is 55.3 Å². The van der Waals surface area contributed by atoms with Gasteiger partial charge in [-0.3, -0.25) is 4.79 Å². The minimum absolute atomic E-state index is 0.276. The predicted molar refractivity (Wildman–Crippen MR) is 96.3 cm³/mol. The van der Waals surface area contributed by atoms with E-state index >= 15 is 0 Å². The number of amides is 1. The van der Waals surface area contributed by atoms with E-state index in [0.717, 1.165) is 4.90 Å². The van der Waals surface area contributed by atoms with Gasteiger partial charge < -0.3 is 19.5 Å². The third kappa shape index (κ3) is 6.39. The van der Waals surface area contributed by atoms with Gasteiger partial charge in [0, 0.05) is 10.6 Å². The Hall–Kier alpha value is -2.67. The third-order valence-electron chi connectivity index (χ3n) is 3.15. The van der Waals surface area contributed by atoms with Crippen molar-refractivity contribution in [1.82, 2.24) is 0 Å². The molecule has 132 valence electrons. The number of anilines is 1. The molecule has 2 aromatic carbocycles. The molecule has 0 unspecified atom stereocenters. The van der Waals surface area contributed by atoms with Gasteiger partial charge in [0.05, 0.1) is 7.11 Å². The fourth-order valence-electron chi connectivity index (χ4n) is 1.87. The molecule has 0 atom stereocenters. The van der Waals surface area contributed by atoms with Crippen molar-refractivity contribution < 1.29 is 23.8 Å². The van der Waals surface area contributed by atoms with Crippen LogP contribution in [0.4, 0.5) is 5.69 Å². The van der Waals surface area contributed by atoms with Crippen LogP contribution in [0.1, 0.15) is 0 Å². The second kappa shape index (κ2) is 9.58. The molecule has 0 aliphatic rings. The summed E-state index contributed by atoms with van der Waals surface area (Å²) in [5.41, 5.74) is 0.647. The highest BCUT2D eigenvalue weighted by atomic mass is 32.2. The van der Waals surface area contributed by atoms with Gasteiger partial charge in [0.2, 0.25) is 0 Å². The SMILES string of the molecule is COc1ccc(OCC(=O)OCC(=O)Nc2ccc(SC)cc2)cc1. The third-order valence-corrected chi connectivity index (χ3v) is 3.90. The summed E-state index contributed by atoms with van der Waals surface area (Å²) in [6.07, 6.45) is 1.97. The van der Waals surface area contributed by atoms with Crippen molar-refractivity contribution in [3.8, 4) is 11.5 Å². The smallest absolute Gasteiger partial charge is 0.344 e. The Morgan fingerprint density at radius 3 is 2.20 bits per heavy atom. The van der Waals surface area contributed by atoms with Crippen LogP contribution in [0.3, 0.4) is 0 Å². The Bertz CT molecular complexity index is 700. The molecular weight excluding hydrogens is 342 g/mol. The van der Waals surface area contributed by atoms with Gasteiger partial charge in [-0.05, 0) is 54.8 Å². The van der Waals surface area contributed by atoms with Gasteiger partial charge in [0.25, 0.3) is 5.91 Å². The van der Waals surface area contributed by atoms with Gasteiger partial charge in [0.15, 0.2) is 13.2 Å². The number of hydrogen-bond donors (Lipinski definition) is 1. The summed E-state index contributed by atoms with van der Waals surface area (Å²) in [5, 5.41) is 2.65. The Labute approximate surface area is 150 Å². The number of esters is 1. The first-order valence-corrected chi connectivity index (χ1v) is 8.69. The number of hydrogen-bond acceptors (Lipinski definition) is 6. The van der Waals surface area contributed by atoms with E-state index in [9.17, 15) is 9.59 Å². The molecule has 0 heterocycles. The van der Waals surface area contributed by atoms with Gasteiger partial charge in [-0.2, -0.15) is 0 Å². The highest BCUT2D eigenvalue weighted by Gasteiger charge is 2.09. The van der Waals surface area contributed by atoms with E-state index in [2.05, 4.69) is 5.32 Å². The molecule has 1 N–H and O–H groups in total. The molecule has 0 aliphatic heterocycles. The van der Waals surface area contributed by atoms with Gasteiger partial charge in [-0.15, -0.1) is 11.8 Å². The van der Waals surface area contributed by atoms with Crippen LogP contribution < -0.4 is 14.8 Å². The van der Waals surface area contributed by atoms with Crippen LogP contribution in [-0.2, 0) is 14.3 Å². The summed E-state index contributed by atoms with van der Waals surface area (Å²) in [6.45, 7) is -0.642. The molecule has 0 saturated heterocycles. The van der Waals surface area contributed by atoms with E-state index in [4.69, 9.17) is 14.2 Å². The van der Waals surface area contributed by atoms with Crippen molar-refractivity contribution >= 4 is 29.3 Å². The van der Waals surface area contributed by atoms with E-state index < -0.39 is 11.9 Å². The Morgan fingerprint density at radius 2 is 1.60 bits per heavy atom. The molecular formula is C18H19NO5S. The van der Waals surface area contributed by atoms with Crippen LogP contribution in [-0.4, -0.2) is 38.5 Å². The fraction of sp³-hybridized carbons (Fsp3) is 0.222. The van der Waals surface area contributed by atoms with E-state index in [1.165, 1.54) is 0 Å². The number of nitrogens with one attached hydrogen (secondary N) is 1. The number of rotatable bonds is 8. The minimum Gasteiger partial charge on any atom is -0.497 e. The summed E-state index contributed by atoms with van der Waals surface area (Å²) < 4.78 is 15.2. The molecule has 2 rings (SSSR count). The van der Waals surface area contributed by atoms with Crippen molar-refractivity contribution in [3.63, 3.8) is 0 Å². The molecule has 0 saturated carbocycles. The zero-order valence-electron chi connectivity index (χ0n) is 14.0. The summed E-state index contributed by atoms with van der Waals surface area (Å²) in [5.74, 6) is 0.173. The van der Waals surface area contributed by atoms with Gasteiger partial charge in [0.1, 0.15) is 11.5 Å². The van der Waals surface area contributed by atoms with Gasteiger partial charge >= 0.3 is 5.97 Å². The molecule has 0 radical (unpaired) electrons. The Kier molecular flexibility index (Phi) is 7.16. The Morgan fingerprint density at radius 1 is 0.960 bits per heavy atom. The molecule has 1 amide bonds. The van der Waals surface area contributed by atoms with Crippen LogP contribution in [0, 0.1) is 0 Å². The molecule has 2 aromatic rings. The molecule has 0 bridgehead atoms.